The summed E-state index contributed by atoms with van der Waals surface area (Å²) < 4.78 is 69.5. The van der Waals surface area contributed by atoms with Crippen molar-refractivity contribution in [3.8, 4) is 11.1 Å². The van der Waals surface area contributed by atoms with Crippen LogP contribution in [0.4, 0.5) is 13.2 Å². The van der Waals surface area contributed by atoms with Gasteiger partial charge in [0.05, 0.1) is 17.1 Å². The standard InChI is InChI=1S/C30H33F3N2O3S/c1-20-8-7-9-24(21(20)2)22-12-14-23(15-13-22)29-26-18-34(16-5-6-17-35(26)27(29)19-36)39(37,38)28-11-4-3-10-25(28)30(31,32)33/h3-4,7-15,26-27,29,36H,5-6,16-19H2,1-2H3/t26-,27?,29-/m0/s1. The number of aryl methyl sites for hydroxylation is 1. The SMILES string of the molecule is Cc1cccc(-c2ccc([C@@H]3C(CO)N4CCCCN(S(=O)(=O)c5ccccc5C(F)(F)F)C[C@@H]34)cc2)c1C. The van der Waals surface area contributed by atoms with Crippen LogP contribution in [-0.2, 0) is 16.2 Å². The number of rotatable bonds is 5. The fourth-order valence-corrected chi connectivity index (χ4v) is 7.85. The van der Waals surface area contributed by atoms with E-state index in [0.717, 1.165) is 28.8 Å². The summed E-state index contributed by atoms with van der Waals surface area (Å²) >= 11 is 0. The maximum absolute atomic E-state index is 13.7. The molecule has 0 radical (unpaired) electrons. The number of halogens is 3. The van der Waals surface area contributed by atoms with E-state index in [0.29, 0.717) is 19.4 Å². The zero-order chi connectivity index (χ0) is 27.9. The molecule has 2 heterocycles. The molecular formula is C30H33F3N2O3S. The van der Waals surface area contributed by atoms with Gasteiger partial charge in [0.25, 0.3) is 0 Å². The molecule has 0 spiro atoms. The lowest BCUT2D eigenvalue weighted by atomic mass is 9.74. The summed E-state index contributed by atoms with van der Waals surface area (Å²) in [4.78, 5) is 1.40. The molecule has 0 bridgehead atoms. The summed E-state index contributed by atoms with van der Waals surface area (Å²) in [6.07, 6.45) is -3.56. The Labute approximate surface area is 227 Å². The van der Waals surface area contributed by atoms with Gasteiger partial charge in [-0.3, -0.25) is 4.90 Å². The molecule has 208 valence electrons. The van der Waals surface area contributed by atoms with Gasteiger partial charge in [-0.05, 0) is 73.2 Å². The summed E-state index contributed by atoms with van der Waals surface area (Å²) in [5, 5.41) is 10.2. The molecule has 5 rings (SSSR count). The molecule has 0 saturated carbocycles. The van der Waals surface area contributed by atoms with Crippen molar-refractivity contribution in [2.45, 2.75) is 55.8 Å². The van der Waals surface area contributed by atoms with Gasteiger partial charge in [0.2, 0.25) is 10.0 Å². The second-order valence-electron chi connectivity index (χ2n) is 10.5. The number of benzene rings is 3. The molecular weight excluding hydrogens is 525 g/mol. The van der Waals surface area contributed by atoms with Gasteiger partial charge < -0.3 is 5.11 Å². The first kappa shape index (κ1) is 27.8. The maximum atomic E-state index is 13.7. The molecule has 2 saturated heterocycles. The van der Waals surface area contributed by atoms with Gasteiger partial charge in [-0.1, -0.05) is 54.6 Å². The smallest absolute Gasteiger partial charge is 0.395 e. The Balaban J connectivity index is 1.46. The lowest BCUT2D eigenvalue weighted by molar-refractivity contribution is -0.139. The van der Waals surface area contributed by atoms with E-state index in [4.69, 9.17) is 0 Å². The zero-order valence-corrected chi connectivity index (χ0v) is 22.8. The van der Waals surface area contributed by atoms with Crippen molar-refractivity contribution in [3.05, 3.63) is 89.0 Å². The third-order valence-corrected chi connectivity index (χ3v) is 10.3. The van der Waals surface area contributed by atoms with E-state index < -0.39 is 26.7 Å². The van der Waals surface area contributed by atoms with E-state index in [9.17, 15) is 26.7 Å². The van der Waals surface area contributed by atoms with Crippen molar-refractivity contribution >= 4 is 10.0 Å². The predicted octanol–water partition coefficient (Wildman–Crippen LogP) is 5.60. The Hall–Kier alpha value is -2.72. The van der Waals surface area contributed by atoms with Crippen LogP contribution in [-0.4, -0.2) is 61.1 Å². The minimum absolute atomic E-state index is 0.0639. The van der Waals surface area contributed by atoms with Crippen LogP contribution in [0.15, 0.2) is 71.6 Å². The lowest BCUT2D eigenvalue weighted by Crippen LogP contribution is -2.67. The number of nitrogens with zero attached hydrogens (tertiary/aromatic N) is 2. The first-order valence-corrected chi connectivity index (χ1v) is 14.7. The fourth-order valence-electron chi connectivity index (χ4n) is 6.14. The first-order valence-electron chi connectivity index (χ1n) is 13.2. The number of hydrogen-bond acceptors (Lipinski definition) is 4. The van der Waals surface area contributed by atoms with Gasteiger partial charge >= 0.3 is 6.18 Å². The highest BCUT2D eigenvalue weighted by atomic mass is 32.2. The highest BCUT2D eigenvalue weighted by Crippen LogP contribution is 2.44. The number of aliphatic hydroxyl groups is 1. The summed E-state index contributed by atoms with van der Waals surface area (Å²) in [6.45, 7) is 5.01. The monoisotopic (exact) mass is 558 g/mol. The van der Waals surface area contributed by atoms with E-state index >= 15 is 0 Å². The Morgan fingerprint density at radius 2 is 1.62 bits per heavy atom. The van der Waals surface area contributed by atoms with Gasteiger partial charge in [-0.2, -0.15) is 17.5 Å². The predicted molar refractivity (Wildman–Crippen MR) is 145 cm³/mol. The van der Waals surface area contributed by atoms with E-state index in [-0.39, 0.29) is 37.7 Å². The van der Waals surface area contributed by atoms with Gasteiger partial charge in [0, 0.05) is 31.1 Å². The van der Waals surface area contributed by atoms with E-state index in [1.54, 1.807) is 0 Å². The largest absolute Gasteiger partial charge is 0.417 e. The van der Waals surface area contributed by atoms with Gasteiger partial charge in [-0.25, -0.2) is 8.42 Å². The molecule has 0 aromatic heterocycles. The van der Waals surface area contributed by atoms with Crippen LogP contribution < -0.4 is 0 Å². The second kappa shape index (κ2) is 10.7. The summed E-state index contributed by atoms with van der Waals surface area (Å²) in [5.41, 5.74) is 4.45. The quantitative estimate of drug-likeness (QED) is 0.443. The molecule has 1 unspecified atom stereocenters. The Morgan fingerprint density at radius 1 is 0.923 bits per heavy atom. The van der Waals surface area contributed by atoms with Crippen molar-refractivity contribution in [2.24, 2.45) is 0 Å². The molecule has 5 nitrogen and oxygen atoms in total. The Morgan fingerprint density at radius 3 is 2.31 bits per heavy atom. The summed E-state index contributed by atoms with van der Waals surface area (Å²) in [7, 11) is -4.40. The third-order valence-electron chi connectivity index (χ3n) is 8.35. The van der Waals surface area contributed by atoms with Crippen molar-refractivity contribution < 1.29 is 26.7 Å². The zero-order valence-electron chi connectivity index (χ0n) is 22.0. The number of aliphatic hydroxyl groups excluding tert-OH is 1. The normalized spacial score (nSPS) is 23.0. The molecule has 2 fully saturated rings. The fraction of sp³-hybridized carbons (Fsp3) is 0.400. The van der Waals surface area contributed by atoms with Crippen LogP contribution in [0.25, 0.3) is 11.1 Å². The number of hydrogen-bond donors (Lipinski definition) is 1. The summed E-state index contributed by atoms with van der Waals surface area (Å²) in [5.74, 6) is -0.142. The Kier molecular flexibility index (Phi) is 7.63. The molecule has 39 heavy (non-hydrogen) atoms. The van der Waals surface area contributed by atoms with Crippen LogP contribution in [0.5, 0.6) is 0 Å². The van der Waals surface area contributed by atoms with Crippen LogP contribution in [0.2, 0.25) is 0 Å². The summed E-state index contributed by atoms with van der Waals surface area (Å²) in [6, 6.07) is 18.3. The average molecular weight is 559 g/mol. The number of fused-ring (bicyclic) bond motifs is 1. The van der Waals surface area contributed by atoms with Crippen molar-refractivity contribution in [1.82, 2.24) is 9.21 Å². The van der Waals surface area contributed by atoms with Crippen LogP contribution in [0.1, 0.15) is 41.0 Å². The molecule has 2 aliphatic rings. The molecule has 3 aromatic carbocycles. The van der Waals surface area contributed by atoms with E-state index in [2.05, 4.69) is 30.9 Å². The minimum Gasteiger partial charge on any atom is -0.395 e. The van der Waals surface area contributed by atoms with Crippen molar-refractivity contribution in [3.63, 3.8) is 0 Å². The molecule has 0 amide bonds. The second-order valence-corrected chi connectivity index (χ2v) is 12.4. The average Bonchev–Trinajstić information content (AvgIpc) is 2.89. The van der Waals surface area contributed by atoms with Crippen LogP contribution >= 0.6 is 0 Å². The van der Waals surface area contributed by atoms with Gasteiger partial charge in [0.1, 0.15) is 0 Å². The molecule has 2 aliphatic heterocycles. The Bertz CT molecular complexity index is 1440. The molecule has 3 atom stereocenters. The van der Waals surface area contributed by atoms with Gasteiger partial charge in [-0.15, -0.1) is 0 Å². The topological polar surface area (TPSA) is 60.9 Å². The van der Waals surface area contributed by atoms with Crippen LogP contribution in [0.3, 0.4) is 0 Å². The third kappa shape index (κ3) is 5.13. The highest BCUT2D eigenvalue weighted by Gasteiger charge is 2.50. The number of sulfonamides is 1. The maximum Gasteiger partial charge on any atom is 0.417 e. The first-order chi connectivity index (χ1) is 18.5. The van der Waals surface area contributed by atoms with Crippen molar-refractivity contribution in [1.29, 1.82) is 0 Å². The molecule has 3 aromatic rings. The molecule has 1 N–H and O–H groups in total. The number of alkyl halides is 3. The minimum atomic E-state index is -4.78. The lowest BCUT2D eigenvalue weighted by Gasteiger charge is -2.57. The van der Waals surface area contributed by atoms with E-state index in [1.807, 2.05) is 30.3 Å². The molecule has 9 heteroatoms. The van der Waals surface area contributed by atoms with Crippen molar-refractivity contribution in [2.75, 3.05) is 26.2 Å². The molecule has 0 aliphatic carbocycles. The van der Waals surface area contributed by atoms with Gasteiger partial charge in [0.15, 0.2) is 0 Å². The van der Waals surface area contributed by atoms with Crippen LogP contribution in [0, 0.1) is 13.8 Å². The van der Waals surface area contributed by atoms with E-state index in [1.165, 1.54) is 27.6 Å². The highest BCUT2D eigenvalue weighted by molar-refractivity contribution is 7.89.